The third-order valence-corrected chi connectivity index (χ3v) is 5.33. The minimum absolute atomic E-state index is 0.0532. The third kappa shape index (κ3) is 3.54. The summed E-state index contributed by atoms with van der Waals surface area (Å²) < 4.78 is 1.19. The van der Waals surface area contributed by atoms with Gasteiger partial charge < -0.3 is 5.32 Å². The third-order valence-electron chi connectivity index (χ3n) is 4.23. The molecule has 0 bridgehead atoms. The maximum atomic E-state index is 12.3. The van der Waals surface area contributed by atoms with Crippen LogP contribution in [0.3, 0.4) is 0 Å². The first-order valence-corrected chi connectivity index (χ1v) is 9.19. The summed E-state index contributed by atoms with van der Waals surface area (Å²) in [7, 11) is 0. The Hall–Kier alpha value is -2.72. The number of para-hydroxylation sites is 1. The molecule has 0 fully saturated rings. The molecule has 0 aliphatic heterocycles. The van der Waals surface area contributed by atoms with Gasteiger partial charge in [0.15, 0.2) is 0 Å². The van der Waals surface area contributed by atoms with Gasteiger partial charge in [-0.2, -0.15) is 0 Å². The second kappa shape index (κ2) is 7.03. The molecule has 25 heavy (non-hydrogen) atoms. The summed E-state index contributed by atoms with van der Waals surface area (Å²) in [6, 6.07) is 22.4. The molecule has 0 aliphatic carbocycles. The van der Waals surface area contributed by atoms with Gasteiger partial charge in [-0.05, 0) is 28.5 Å². The van der Waals surface area contributed by atoms with E-state index >= 15 is 0 Å². The summed E-state index contributed by atoms with van der Waals surface area (Å²) >= 11 is 1.69. The highest BCUT2D eigenvalue weighted by molar-refractivity contribution is 7.18. The lowest BCUT2D eigenvalue weighted by Crippen LogP contribution is -2.27. The smallest absolute Gasteiger partial charge is 0.224 e. The van der Waals surface area contributed by atoms with Crippen LogP contribution in [0.15, 0.2) is 66.7 Å². The average Bonchev–Trinajstić information content (AvgIpc) is 3.05. The summed E-state index contributed by atoms with van der Waals surface area (Å²) in [5.41, 5.74) is 2.10. The van der Waals surface area contributed by atoms with Crippen LogP contribution < -0.4 is 5.32 Å². The molecule has 1 heterocycles. The van der Waals surface area contributed by atoms with E-state index in [1.54, 1.807) is 11.3 Å². The van der Waals surface area contributed by atoms with Crippen molar-refractivity contribution in [2.24, 2.45) is 0 Å². The van der Waals surface area contributed by atoms with E-state index in [4.69, 9.17) is 0 Å². The molecular weight excluding hydrogens is 328 g/mol. The number of amides is 1. The van der Waals surface area contributed by atoms with E-state index in [1.165, 1.54) is 10.1 Å². The zero-order chi connectivity index (χ0) is 17.1. The fourth-order valence-electron chi connectivity index (χ4n) is 3.02. The van der Waals surface area contributed by atoms with Crippen molar-refractivity contribution in [1.29, 1.82) is 0 Å². The second-order valence-electron chi connectivity index (χ2n) is 5.99. The first kappa shape index (κ1) is 15.8. The lowest BCUT2D eigenvalue weighted by atomic mass is 10.0. The van der Waals surface area contributed by atoms with Crippen LogP contribution in [-0.2, 0) is 17.6 Å². The Kier molecular flexibility index (Phi) is 4.44. The van der Waals surface area contributed by atoms with Gasteiger partial charge in [0.1, 0.15) is 0 Å². The van der Waals surface area contributed by atoms with Crippen LogP contribution in [0.2, 0.25) is 0 Å². The van der Waals surface area contributed by atoms with E-state index in [1.807, 2.05) is 42.5 Å². The number of carbonyl (C=O) groups is 1. The standard InChI is InChI=1S/C21H18N2OS/c24-20(14-16-8-5-7-15-6-1-2-9-17(15)16)22-13-12-21-23-18-10-3-4-11-19(18)25-21/h1-11H,12-14H2,(H,22,24). The van der Waals surface area contributed by atoms with Gasteiger partial charge in [0.05, 0.1) is 21.6 Å². The van der Waals surface area contributed by atoms with Crippen molar-refractivity contribution >= 4 is 38.2 Å². The molecule has 0 spiro atoms. The van der Waals surface area contributed by atoms with E-state index in [0.29, 0.717) is 13.0 Å². The van der Waals surface area contributed by atoms with E-state index in [0.717, 1.165) is 27.9 Å². The summed E-state index contributed by atoms with van der Waals surface area (Å²) in [5.74, 6) is 0.0532. The molecule has 4 rings (SSSR count). The number of nitrogens with one attached hydrogen (secondary N) is 1. The Morgan fingerprint density at radius 1 is 0.960 bits per heavy atom. The highest BCUT2D eigenvalue weighted by atomic mass is 32.1. The number of rotatable bonds is 5. The minimum atomic E-state index is 0.0532. The van der Waals surface area contributed by atoms with Gasteiger partial charge in [-0.3, -0.25) is 4.79 Å². The number of carbonyl (C=O) groups excluding carboxylic acids is 1. The fourth-order valence-corrected chi connectivity index (χ4v) is 3.98. The van der Waals surface area contributed by atoms with Crippen molar-refractivity contribution in [3.05, 3.63) is 77.3 Å². The molecule has 0 radical (unpaired) electrons. The molecule has 3 nitrogen and oxygen atoms in total. The van der Waals surface area contributed by atoms with Crippen molar-refractivity contribution in [3.8, 4) is 0 Å². The molecule has 1 N–H and O–H groups in total. The molecule has 4 heteroatoms. The Morgan fingerprint density at radius 3 is 2.68 bits per heavy atom. The maximum absolute atomic E-state index is 12.3. The lowest BCUT2D eigenvalue weighted by Gasteiger charge is -2.07. The van der Waals surface area contributed by atoms with E-state index in [-0.39, 0.29) is 5.91 Å². The van der Waals surface area contributed by atoms with Crippen molar-refractivity contribution in [1.82, 2.24) is 10.3 Å². The van der Waals surface area contributed by atoms with Crippen LogP contribution in [0.25, 0.3) is 21.0 Å². The van der Waals surface area contributed by atoms with Gasteiger partial charge in [0.25, 0.3) is 0 Å². The van der Waals surface area contributed by atoms with Crippen LogP contribution >= 0.6 is 11.3 Å². The van der Waals surface area contributed by atoms with Gasteiger partial charge in [0, 0.05) is 13.0 Å². The minimum Gasteiger partial charge on any atom is -0.355 e. The molecule has 0 unspecified atom stereocenters. The molecule has 0 saturated heterocycles. The van der Waals surface area contributed by atoms with Crippen LogP contribution in [-0.4, -0.2) is 17.4 Å². The number of aromatic nitrogens is 1. The number of hydrogen-bond donors (Lipinski definition) is 1. The predicted molar refractivity (Wildman–Crippen MR) is 104 cm³/mol. The average molecular weight is 346 g/mol. The van der Waals surface area contributed by atoms with Crippen molar-refractivity contribution in [3.63, 3.8) is 0 Å². The van der Waals surface area contributed by atoms with Gasteiger partial charge in [0.2, 0.25) is 5.91 Å². The highest BCUT2D eigenvalue weighted by Gasteiger charge is 2.08. The van der Waals surface area contributed by atoms with Crippen LogP contribution in [0.4, 0.5) is 0 Å². The van der Waals surface area contributed by atoms with Crippen LogP contribution in [0, 0.1) is 0 Å². The largest absolute Gasteiger partial charge is 0.355 e. The summed E-state index contributed by atoms with van der Waals surface area (Å²) in [6.45, 7) is 0.615. The molecule has 124 valence electrons. The van der Waals surface area contributed by atoms with Crippen molar-refractivity contribution in [2.45, 2.75) is 12.8 Å². The summed E-state index contributed by atoms with van der Waals surface area (Å²) in [5, 5.41) is 6.39. The Labute approximate surface area is 150 Å². The Morgan fingerprint density at radius 2 is 1.76 bits per heavy atom. The van der Waals surface area contributed by atoms with Gasteiger partial charge >= 0.3 is 0 Å². The zero-order valence-corrected chi connectivity index (χ0v) is 14.6. The van der Waals surface area contributed by atoms with Crippen molar-refractivity contribution in [2.75, 3.05) is 6.54 Å². The number of fused-ring (bicyclic) bond motifs is 2. The quantitative estimate of drug-likeness (QED) is 0.584. The topological polar surface area (TPSA) is 42.0 Å². The van der Waals surface area contributed by atoms with Gasteiger partial charge in [-0.1, -0.05) is 54.6 Å². The SMILES string of the molecule is O=C(Cc1cccc2ccccc12)NCCc1nc2ccccc2s1. The molecule has 4 aromatic rings. The number of benzene rings is 3. The molecular formula is C21H18N2OS. The van der Waals surface area contributed by atoms with E-state index in [9.17, 15) is 4.79 Å². The number of nitrogens with zero attached hydrogens (tertiary/aromatic N) is 1. The first-order chi connectivity index (χ1) is 12.3. The fraction of sp³-hybridized carbons (Fsp3) is 0.143. The first-order valence-electron chi connectivity index (χ1n) is 8.37. The van der Waals surface area contributed by atoms with Crippen molar-refractivity contribution < 1.29 is 4.79 Å². The molecule has 0 aliphatic rings. The Balaban J connectivity index is 1.37. The second-order valence-corrected chi connectivity index (χ2v) is 7.11. The normalized spacial score (nSPS) is 11.0. The molecule has 0 saturated carbocycles. The van der Waals surface area contributed by atoms with Crippen LogP contribution in [0.5, 0.6) is 0 Å². The lowest BCUT2D eigenvalue weighted by molar-refractivity contribution is -0.120. The summed E-state index contributed by atoms with van der Waals surface area (Å²) in [4.78, 5) is 16.9. The van der Waals surface area contributed by atoms with Gasteiger partial charge in [-0.15, -0.1) is 11.3 Å². The maximum Gasteiger partial charge on any atom is 0.224 e. The van der Waals surface area contributed by atoms with Gasteiger partial charge in [-0.25, -0.2) is 4.98 Å². The van der Waals surface area contributed by atoms with E-state index in [2.05, 4.69) is 34.6 Å². The van der Waals surface area contributed by atoms with E-state index < -0.39 is 0 Å². The molecule has 1 amide bonds. The summed E-state index contributed by atoms with van der Waals surface area (Å²) in [6.07, 6.45) is 1.17. The molecule has 3 aromatic carbocycles. The van der Waals surface area contributed by atoms with Crippen LogP contribution in [0.1, 0.15) is 10.6 Å². The molecule has 0 atom stereocenters. The predicted octanol–water partition coefficient (Wildman–Crippen LogP) is 4.35. The zero-order valence-electron chi connectivity index (χ0n) is 13.7. The number of thiazole rings is 1. The highest BCUT2D eigenvalue weighted by Crippen LogP contribution is 2.22. The molecule has 1 aromatic heterocycles. The Bertz CT molecular complexity index is 1000. The number of hydrogen-bond acceptors (Lipinski definition) is 3. The monoisotopic (exact) mass is 346 g/mol.